The molecule has 0 saturated carbocycles. The van der Waals surface area contributed by atoms with E-state index in [0.717, 1.165) is 11.8 Å². The Balaban J connectivity index is 2.29. The van der Waals surface area contributed by atoms with Gasteiger partial charge in [-0.25, -0.2) is 5.01 Å². The molecule has 0 aliphatic carbocycles. The topological polar surface area (TPSA) is 117 Å². The maximum atomic E-state index is 12.9. The number of nitrogens with zero attached hydrogens (tertiary/aromatic N) is 5. The summed E-state index contributed by atoms with van der Waals surface area (Å²) in [6.07, 6.45) is 4.01. The van der Waals surface area contributed by atoms with E-state index >= 15 is 0 Å². The Labute approximate surface area is 186 Å². The number of aromatic nitrogens is 2. The number of anilines is 1. The summed E-state index contributed by atoms with van der Waals surface area (Å²) in [6, 6.07) is 8.96. The SMILES string of the molecule is C=NN(/C(=N\N)SCC(=O)C(=C(O)C(Cl)(Cl)Cl)c1cnccn1)c1ccccc1. The van der Waals surface area contributed by atoms with Crippen molar-refractivity contribution < 1.29 is 9.90 Å². The van der Waals surface area contributed by atoms with Gasteiger partial charge in [0.05, 0.1) is 28.9 Å². The molecule has 2 aromatic rings. The summed E-state index contributed by atoms with van der Waals surface area (Å²) < 4.78 is -2.23. The van der Waals surface area contributed by atoms with Gasteiger partial charge in [0.15, 0.2) is 11.5 Å². The van der Waals surface area contributed by atoms with Gasteiger partial charge in [0.1, 0.15) is 0 Å². The van der Waals surface area contributed by atoms with Gasteiger partial charge in [0, 0.05) is 19.1 Å². The molecule has 1 heterocycles. The molecule has 0 fully saturated rings. The lowest BCUT2D eigenvalue weighted by molar-refractivity contribution is -0.111. The monoisotopic (exact) mass is 472 g/mol. The second kappa shape index (κ2) is 10.4. The zero-order valence-corrected chi connectivity index (χ0v) is 17.8. The summed E-state index contributed by atoms with van der Waals surface area (Å²) in [5, 5.41) is 19.4. The molecule has 0 bridgehead atoms. The molecule has 1 aromatic carbocycles. The highest BCUT2D eigenvalue weighted by molar-refractivity contribution is 8.14. The van der Waals surface area contributed by atoms with Crippen molar-refractivity contribution in [2.45, 2.75) is 3.79 Å². The minimum atomic E-state index is -2.23. The molecule has 1 aromatic heterocycles. The van der Waals surface area contributed by atoms with Crippen molar-refractivity contribution in [2.75, 3.05) is 10.8 Å². The third-order valence-corrected chi connectivity index (χ3v) is 4.85. The Hall–Kier alpha value is -2.33. The molecule has 3 N–H and O–H groups in total. The molecule has 152 valence electrons. The Morgan fingerprint density at radius 1 is 1.28 bits per heavy atom. The highest BCUT2D eigenvalue weighted by Gasteiger charge is 2.33. The fourth-order valence-corrected chi connectivity index (χ4v) is 3.19. The van der Waals surface area contributed by atoms with Crippen LogP contribution in [0.4, 0.5) is 5.69 Å². The van der Waals surface area contributed by atoms with Crippen LogP contribution in [-0.4, -0.2) is 42.3 Å². The van der Waals surface area contributed by atoms with Crippen LogP contribution < -0.4 is 10.9 Å². The number of Topliss-reactive ketones (excluding diaryl/α,β-unsaturated/α-hetero) is 1. The zero-order chi connectivity index (χ0) is 21.4. The number of para-hydroxylation sites is 1. The zero-order valence-electron chi connectivity index (χ0n) is 14.7. The molecular formula is C17H15Cl3N6O2S. The first-order valence-electron chi connectivity index (χ1n) is 7.82. The molecule has 12 heteroatoms. The number of amidine groups is 1. The molecule has 29 heavy (non-hydrogen) atoms. The van der Waals surface area contributed by atoms with E-state index in [1.54, 1.807) is 24.3 Å². The van der Waals surface area contributed by atoms with Crippen molar-refractivity contribution in [3.8, 4) is 0 Å². The Morgan fingerprint density at radius 2 is 1.97 bits per heavy atom. The fraction of sp³-hybridized carbons (Fsp3) is 0.118. The number of hydrogen-bond donors (Lipinski definition) is 2. The number of hydrogen-bond acceptors (Lipinski definition) is 8. The number of rotatable bonds is 6. The molecule has 0 unspecified atom stereocenters. The van der Waals surface area contributed by atoms with Gasteiger partial charge in [-0.1, -0.05) is 64.8 Å². The molecule has 0 atom stereocenters. The van der Waals surface area contributed by atoms with Crippen molar-refractivity contribution in [1.82, 2.24) is 9.97 Å². The number of thioether (sulfide) groups is 1. The molecule has 0 spiro atoms. The van der Waals surface area contributed by atoms with E-state index in [-0.39, 0.29) is 22.2 Å². The summed E-state index contributed by atoms with van der Waals surface area (Å²) in [6.45, 7) is 3.50. The predicted molar refractivity (Wildman–Crippen MR) is 119 cm³/mol. The van der Waals surface area contributed by atoms with Crippen LogP contribution in [0.25, 0.3) is 5.57 Å². The van der Waals surface area contributed by atoms with Gasteiger partial charge in [-0.3, -0.25) is 14.8 Å². The maximum Gasteiger partial charge on any atom is 0.248 e. The summed E-state index contributed by atoms with van der Waals surface area (Å²) in [4.78, 5) is 20.7. The van der Waals surface area contributed by atoms with E-state index in [0.29, 0.717) is 5.69 Å². The van der Waals surface area contributed by atoms with Crippen LogP contribution in [0.5, 0.6) is 0 Å². The number of nitrogens with two attached hydrogens (primary N) is 1. The average Bonchev–Trinajstić information content (AvgIpc) is 2.72. The summed E-state index contributed by atoms with van der Waals surface area (Å²) in [5.74, 6) is 3.90. The molecule has 0 radical (unpaired) electrons. The van der Waals surface area contributed by atoms with E-state index in [2.05, 4.69) is 26.9 Å². The minimum absolute atomic E-state index is 0.0509. The lowest BCUT2D eigenvalue weighted by Gasteiger charge is -2.19. The van der Waals surface area contributed by atoms with Crippen LogP contribution in [0.1, 0.15) is 5.69 Å². The first-order chi connectivity index (χ1) is 13.8. The van der Waals surface area contributed by atoms with Crippen molar-refractivity contribution in [2.24, 2.45) is 16.0 Å². The normalized spacial score (nSPS) is 12.9. The second-order valence-electron chi connectivity index (χ2n) is 5.22. The lowest BCUT2D eigenvalue weighted by atomic mass is 10.1. The number of aliphatic hydroxyl groups excluding tert-OH is 1. The molecular weight excluding hydrogens is 459 g/mol. The Morgan fingerprint density at radius 3 is 2.48 bits per heavy atom. The van der Waals surface area contributed by atoms with Gasteiger partial charge in [-0.2, -0.15) is 10.2 Å². The number of allylic oxidation sites excluding steroid dienone is 2. The number of carbonyl (C=O) groups excluding carboxylic acids is 1. The first kappa shape index (κ1) is 23.0. The standard InChI is InChI=1S/C17H15Cl3N6O2S/c1-22-26(11-5-3-2-4-6-11)16(25-21)29-10-13(27)14(15(28)17(18,19)20)12-9-23-7-8-24-12/h2-9,28H,1,10,21H2/b15-14?,25-16+. The number of ketones is 1. The number of hydrazone groups is 2. The molecule has 2 rings (SSSR count). The molecule has 0 amide bonds. The third kappa shape index (κ3) is 6.07. The van der Waals surface area contributed by atoms with Crippen LogP contribution in [0.3, 0.4) is 0 Å². The predicted octanol–water partition coefficient (Wildman–Crippen LogP) is 3.77. The van der Waals surface area contributed by atoms with Crippen molar-refractivity contribution in [3.63, 3.8) is 0 Å². The Bertz CT molecular complexity index is 920. The third-order valence-electron chi connectivity index (χ3n) is 3.37. The van der Waals surface area contributed by atoms with E-state index in [4.69, 9.17) is 40.6 Å². The lowest BCUT2D eigenvalue weighted by Crippen LogP contribution is -2.25. The number of benzene rings is 1. The minimum Gasteiger partial charge on any atom is -0.507 e. The van der Waals surface area contributed by atoms with Gasteiger partial charge in [-0.15, -0.1) is 0 Å². The highest BCUT2D eigenvalue weighted by Crippen LogP contribution is 2.37. The number of halogens is 3. The van der Waals surface area contributed by atoms with Gasteiger partial charge in [-0.05, 0) is 12.1 Å². The summed E-state index contributed by atoms with van der Waals surface area (Å²) in [7, 11) is 0. The van der Waals surface area contributed by atoms with Gasteiger partial charge in [0.2, 0.25) is 8.96 Å². The molecule has 0 saturated heterocycles. The quantitative estimate of drug-likeness (QED) is 0.125. The van der Waals surface area contributed by atoms with Gasteiger partial charge in [0.25, 0.3) is 0 Å². The van der Waals surface area contributed by atoms with E-state index in [9.17, 15) is 9.90 Å². The summed E-state index contributed by atoms with van der Waals surface area (Å²) in [5.41, 5.74) is 0.412. The summed E-state index contributed by atoms with van der Waals surface area (Å²) >= 11 is 18.2. The number of alkyl halides is 3. The molecule has 8 nitrogen and oxygen atoms in total. The molecule has 0 aliphatic heterocycles. The van der Waals surface area contributed by atoms with Crippen molar-refractivity contribution in [1.29, 1.82) is 0 Å². The van der Waals surface area contributed by atoms with Crippen LogP contribution in [0.15, 0.2) is 64.9 Å². The van der Waals surface area contributed by atoms with E-state index in [1.165, 1.54) is 23.6 Å². The van der Waals surface area contributed by atoms with Crippen molar-refractivity contribution >= 4 is 75.5 Å². The van der Waals surface area contributed by atoms with Crippen LogP contribution >= 0.6 is 46.6 Å². The van der Waals surface area contributed by atoms with E-state index in [1.807, 2.05) is 6.07 Å². The second-order valence-corrected chi connectivity index (χ2v) is 8.45. The smallest absolute Gasteiger partial charge is 0.248 e. The fourth-order valence-electron chi connectivity index (χ4n) is 2.14. The van der Waals surface area contributed by atoms with Gasteiger partial charge < -0.3 is 10.9 Å². The maximum absolute atomic E-state index is 12.9. The molecule has 0 aliphatic rings. The van der Waals surface area contributed by atoms with Crippen LogP contribution in [0, 0.1) is 0 Å². The van der Waals surface area contributed by atoms with Crippen LogP contribution in [0.2, 0.25) is 0 Å². The Kier molecular flexibility index (Phi) is 8.27. The van der Waals surface area contributed by atoms with Crippen LogP contribution in [-0.2, 0) is 4.79 Å². The number of aliphatic hydroxyl groups is 1. The van der Waals surface area contributed by atoms with E-state index < -0.39 is 15.3 Å². The largest absolute Gasteiger partial charge is 0.507 e. The number of carbonyl (C=O) groups is 1. The van der Waals surface area contributed by atoms with Crippen molar-refractivity contribution in [3.05, 3.63) is 60.4 Å². The van der Waals surface area contributed by atoms with Gasteiger partial charge >= 0.3 is 0 Å². The first-order valence-corrected chi connectivity index (χ1v) is 9.94. The average molecular weight is 474 g/mol. The highest BCUT2D eigenvalue weighted by atomic mass is 35.6.